The van der Waals surface area contributed by atoms with Crippen molar-refractivity contribution in [1.29, 1.82) is 0 Å². The number of nitrogens with one attached hydrogen (secondary N) is 1. The normalized spacial score (nSPS) is 11.5. The fourth-order valence-electron chi connectivity index (χ4n) is 1.91. The number of halogens is 1. The third-order valence-corrected chi connectivity index (χ3v) is 3.28. The Hall–Kier alpha value is -2.08. The van der Waals surface area contributed by atoms with E-state index in [9.17, 15) is 0 Å². The summed E-state index contributed by atoms with van der Waals surface area (Å²) < 4.78 is 4.93. The van der Waals surface area contributed by atoms with E-state index in [0.717, 1.165) is 16.5 Å². The van der Waals surface area contributed by atoms with E-state index in [1.165, 1.54) is 0 Å². The lowest BCUT2D eigenvalue weighted by molar-refractivity contribution is 0.386. The van der Waals surface area contributed by atoms with Crippen LogP contribution < -0.4 is 5.32 Å². The zero-order valence-corrected chi connectivity index (χ0v) is 13.1. The van der Waals surface area contributed by atoms with Crippen molar-refractivity contribution in [3.8, 4) is 0 Å². The zero-order valence-electron chi connectivity index (χ0n) is 12.3. The highest BCUT2D eigenvalue weighted by Gasteiger charge is 2.10. The maximum absolute atomic E-state index is 6.17. The first-order valence-corrected chi connectivity index (χ1v) is 6.92. The van der Waals surface area contributed by atoms with Crippen LogP contribution in [0.1, 0.15) is 17.3 Å². The van der Waals surface area contributed by atoms with E-state index in [-0.39, 0.29) is 0 Å². The van der Waals surface area contributed by atoms with Gasteiger partial charge in [-0.2, -0.15) is 4.98 Å². The molecule has 2 rings (SSSR count). The van der Waals surface area contributed by atoms with E-state index in [1.807, 2.05) is 36.2 Å². The highest BCUT2D eigenvalue weighted by atomic mass is 35.5. The molecule has 0 unspecified atom stereocenters. The Labute approximate surface area is 128 Å². The summed E-state index contributed by atoms with van der Waals surface area (Å²) in [6, 6.07) is 7.75. The quantitative estimate of drug-likeness (QED) is 0.693. The van der Waals surface area contributed by atoms with Crippen molar-refractivity contribution >= 4 is 17.6 Å². The molecule has 1 N–H and O–H groups in total. The Morgan fingerprint density at radius 1 is 1.43 bits per heavy atom. The molecule has 0 spiro atoms. The Bertz CT molecular complexity index is 625. The maximum Gasteiger partial charge on any atom is 0.223 e. The van der Waals surface area contributed by atoms with Gasteiger partial charge in [-0.05, 0) is 11.6 Å². The molecule has 0 saturated heterocycles. The van der Waals surface area contributed by atoms with Crippen LogP contribution in [0, 0.1) is 6.92 Å². The van der Waals surface area contributed by atoms with Gasteiger partial charge in [-0.1, -0.05) is 35.0 Å². The Balaban J connectivity index is 1.96. The van der Waals surface area contributed by atoms with Crippen molar-refractivity contribution in [1.82, 2.24) is 20.4 Å². The second-order valence-electron chi connectivity index (χ2n) is 4.58. The summed E-state index contributed by atoms with van der Waals surface area (Å²) in [5, 5.41) is 7.77. The maximum atomic E-state index is 6.17. The molecule has 1 aromatic heterocycles. The van der Waals surface area contributed by atoms with Crippen LogP contribution in [0.25, 0.3) is 0 Å². The molecule has 0 amide bonds. The highest BCUT2D eigenvalue weighted by Crippen LogP contribution is 2.16. The van der Waals surface area contributed by atoms with Gasteiger partial charge in [0.05, 0.1) is 6.54 Å². The predicted molar refractivity (Wildman–Crippen MR) is 82.2 cm³/mol. The summed E-state index contributed by atoms with van der Waals surface area (Å²) in [4.78, 5) is 10.4. The van der Waals surface area contributed by atoms with Crippen LogP contribution in [0.3, 0.4) is 0 Å². The van der Waals surface area contributed by atoms with Gasteiger partial charge in [0.15, 0.2) is 11.8 Å². The summed E-state index contributed by atoms with van der Waals surface area (Å²) in [6.07, 6.45) is 0. The molecule has 1 aromatic carbocycles. The minimum Gasteiger partial charge on any atom is -0.349 e. The van der Waals surface area contributed by atoms with Crippen LogP contribution in [0.15, 0.2) is 33.8 Å². The molecule has 0 saturated carbocycles. The lowest BCUT2D eigenvalue weighted by Gasteiger charge is -2.22. The molecule has 0 radical (unpaired) electrons. The second-order valence-corrected chi connectivity index (χ2v) is 4.99. The molecular weight excluding hydrogens is 290 g/mol. The fourth-order valence-corrected chi connectivity index (χ4v) is 2.11. The minimum absolute atomic E-state index is 0.455. The first-order chi connectivity index (χ1) is 10.1. The molecule has 21 heavy (non-hydrogen) atoms. The van der Waals surface area contributed by atoms with Crippen LogP contribution >= 0.6 is 11.6 Å². The number of aliphatic imine (C=N–C) groups is 1. The summed E-state index contributed by atoms with van der Waals surface area (Å²) in [6.45, 7) is 2.87. The van der Waals surface area contributed by atoms with Crippen molar-refractivity contribution < 1.29 is 4.52 Å². The molecule has 2 aromatic rings. The van der Waals surface area contributed by atoms with Crippen LogP contribution in [-0.4, -0.2) is 35.1 Å². The fraction of sp³-hybridized carbons (Fsp3) is 0.357. The average molecular weight is 308 g/mol. The third kappa shape index (κ3) is 4.19. The van der Waals surface area contributed by atoms with E-state index in [0.29, 0.717) is 24.8 Å². The average Bonchev–Trinajstić information content (AvgIpc) is 2.88. The topological polar surface area (TPSA) is 66.5 Å². The molecular formula is C14H18ClN5O. The number of hydrogen-bond donors (Lipinski definition) is 1. The Kier molecular flexibility index (Phi) is 5.16. The van der Waals surface area contributed by atoms with Gasteiger partial charge in [0.1, 0.15) is 0 Å². The lowest BCUT2D eigenvalue weighted by Crippen LogP contribution is -2.38. The SMILES string of the molecule is CN=C(NCc1noc(C)n1)N(C)Cc1ccccc1Cl. The molecule has 112 valence electrons. The van der Waals surface area contributed by atoms with E-state index < -0.39 is 0 Å². The first kappa shape index (κ1) is 15.3. The van der Waals surface area contributed by atoms with Gasteiger partial charge in [0.2, 0.25) is 5.89 Å². The number of aromatic nitrogens is 2. The lowest BCUT2D eigenvalue weighted by atomic mass is 10.2. The molecule has 0 aliphatic heterocycles. The van der Waals surface area contributed by atoms with Gasteiger partial charge in [-0.3, -0.25) is 4.99 Å². The Morgan fingerprint density at radius 3 is 2.81 bits per heavy atom. The summed E-state index contributed by atoms with van der Waals surface area (Å²) >= 11 is 6.17. The predicted octanol–water partition coefficient (Wildman–Crippen LogP) is 2.24. The number of rotatable bonds is 4. The molecule has 0 bridgehead atoms. The van der Waals surface area contributed by atoms with Crippen LogP contribution in [0.2, 0.25) is 5.02 Å². The smallest absolute Gasteiger partial charge is 0.223 e. The second kappa shape index (κ2) is 7.08. The van der Waals surface area contributed by atoms with Gasteiger partial charge in [-0.25, -0.2) is 0 Å². The van der Waals surface area contributed by atoms with Gasteiger partial charge in [0, 0.05) is 32.6 Å². The van der Waals surface area contributed by atoms with Crippen LogP contribution in [-0.2, 0) is 13.1 Å². The van der Waals surface area contributed by atoms with E-state index in [2.05, 4.69) is 20.4 Å². The van der Waals surface area contributed by atoms with Crippen LogP contribution in [0.4, 0.5) is 0 Å². The molecule has 0 atom stereocenters. The van der Waals surface area contributed by atoms with Crippen LogP contribution in [0.5, 0.6) is 0 Å². The number of hydrogen-bond acceptors (Lipinski definition) is 4. The number of benzene rings is 1. The van der Waals surface area contributed by atoms with E-state index in [4.69, 9.17) is 16.1 Å². The van der Waals surface area contributed by atoms with Crippen molar-refractivity contribution in [3.05, 3.63) is 46.6 Å². The molecule has 0 aliphatic carbocycles. The molecule has 0 fully saturated rings. The molecule has 7 heteroatoms. The van der Waals surface area contributed by atoms with Gasteiger partial charge < -0.3 is 14.7 Å². The molecule has 1 heterocycles. The number of guanidine groups is 1. The highest BCUT2D eigenvalue weighted by molar-refractivity contribution is 6.31. The Morgan fingerprint density at radius 2 is 2.19 bits per heavy atom. The van der Waals surface area contributed by atoms with Crippen molar-refractivity contribution in [3.63, 3.8) is 0 Å². The summed E-state index contributed by atoms with van der Waals surface area (Å²) in [7, 11) is 3.67. The summed E-state index contributed by atoms with van der Waals surface area (Å²) in [5.41, 5.74) is 1.04. The first-order valence-electron chi connectivity index (χ1n) is 6.54. The summed E-state index contributed by atoms with van der Waals surface area (Å²) in [5.74, 6) is 1.88. The third-order valence-electron chi connectivity index (χ3n) is 2.91. The van der Waals surface area contributed by atoms with Gasteiger partial charge in [0.25, 0.3) is 0 Å². The van der Waals surface area contributed by atoms with Crippen molar-refractivity contribution in [2.24, 2.45) is 4.99 Å². The number of nitrogens with zero attached hydrogens (tertiary/aromatic N) is 4. The van der Waals surface area contributed by atoms with Crippen molar-refractivity contribution in [2.75, 3.05) is 14.1 Å². The van der Waals surface area contributed by atoms with Crippen molar-refractivity contribution in [2.45, 2.75) is 20.0 Å². The van der Waals surface area contributed by atoms with E-state index in [1.54, 1.807) is 14.0 Å². The van der Waals surface area contributed by atoms with E-state index >= 15 is 0 Å². The monoisotopic (exact) mass is 307 g/mol. The van der Waals surface area contributed by atoms with Gasteiger partial charge >= 0.3 is 0 Å². The number of aryl methyl sites for hydroxylation is 1. The molecule has 0 aliphatic rings. The standard InChI is InChI=1S/C14H18ClN5O/c1-10-18-13(19-21-10)8-17-14(16-2)20(3)9-11-6-4-5-7-12(11)15/h4-7H,8-9H2,1-3H3,(H,16,17). The largest absolute Gasteiger partial charge is 0.349 e. The minimum atomic E-state index is 0.455. The van der Waals surface area contributed by atoms with Gasteiger partial charge in [-0.15, -0.1) is 0 Å². The zero-order chi connectivity index (χ0) is 15.2. The molecule has 6 nitrogen and oxygen atoms in total.